The van der Waals surface area contributed by atoms with Crippen LogP contribution in [-0.2, 0) is 14.8 Å². The van der Waals surface area contributed by atoms with Crippen LogP contribution in [0.2, 0.25) is 0 Å². The normalized spacial score (nSPS) is 14.8. The monoisotopic (exact) mass is 303 g/mol. The lowest BCUT2D eigenvalue weighted by Crippen LogP contribution is -2.40. The fourth-order valence-electron chi connectivity index (χ4n) is 1.43. The lowest BCUT2D eigenvalue weighted by Gasteiger charge is -2.23. The molecule has 0 amide bonds. The van der Waals surface area contributed by atoms with Crippen molar-refractivity contribution in [1.82, 2.24) is 4.72 Å². The van der Waals surface area contributed by atoms with Crippen LogP contribution in [0.1, 0.15) is 25.8 Å². The number of carboxylic acid groups (broad SMARTS) is 1. The maximum absolute atomic E-state index is 13.4. The fraction of sp³-hybridized carbons (Fsp3) is 0.462. The number of aliphatic carboxylic acids is 1. The fourth-order valence-corrected chi connectivity index (χ4v) is 2.61. The summed E-state index contributed by atoms with van der Waals surface area (Å²) in [5, 5.41) is 9.09. The number of halogens is 1. The van der Waals surface area contributed by atoms with Gasteiger partial charge in [-0.1, -0.05) is 13.0 Å². The molecule has 2 N–H and O–H groups in total. The van der Waals surface area contributed by atoms with Gasteiger partial charge < -0.3 is 5.11 Å². The zero-order valence-electron chi connectivity index (χ0n) is 11.6. The van der Waals surface area contributed by atoms with Gasteiger partial charge in [-0.05, 0) is 38.0 Å². The van der Waals surface area contributed by atoms with Gasteiger partial charge in [0.15, 0.2) is 0 Å². The van der Waals surface area contributed by atoms with E-state index in [2.05, 4.69) is 4.72 Å². The molecule has 0 saturated carbocycles. The van der Waals surface area contributed by atoms with E-state index in [1.807, 2.05) is 0 Å². The van der Waals surface area contributed by atoms with Crippen molar-refractivity contribution in [1.29, 1.82) is 0 Å². The van der Waals surface area contributed by atoms with Crippen molar-refractivity contribution in [3.05, 3.63) is 29.6 Å². The summed E-state index contributed by atoms with van der Waals surface area (Å²) in [6.07, 6.45) is 0.271. The minimum absolute atomic E-state index is 0.218. The molecule has 0 spiro atoms. The average Bonchev–Trinajstić information content (AvgIpc) is 2.38. The van der Waals surface area contributed by atoms with Crippen molar-refractivity contribution in [3.63, 3.8) is 0 Å². The molecule has 0 saturated heterocycles. The quantitative estimate of drug-likeness (QED) is 0.841. The summed E-state index contributed by atoms with van der Waals surface area (Å²) in [6.45, 7) is 4.38. The van der Waals surface area contributed by atoms with E-state index >= 15 is 0 Å². The van der Waals surface area contributed by atoms with E-state index in [0.29, 0.717) is 5.56 Å². The highest BCUT2D eigenvalue weighted by atomic mass is 32.2. The highest BCUT2D eigenvalue weighted by Crippen LogP contribution is 2.21. The Hall–Kier alpha value is -1.47. The van der Waals surface area contributed by atoms with Crippen LogP contribution in [-0.4, -0.2) is 26.0 Å². The average molecular weight is 303 g/mol. The van der Waals surface area contributed by atoms with Crippen LogP contribution < -0.4 is 4.72 Å². The Bertz CT molecular complexity index is 615. The lowest BCUT2D eigenvalue weighted by molar-refractivity contribution is -0.147. The second kappa shape index (κ2) is 5.88. The van der Waals surface area contributed by atoms with E-state index in [4.69, 9.17) is 5.11 Å². The van der Waals surface area contributed by atoms with Crippen LogP contribution in [0.4, 0.5) is 4.39 Å². The first-order chi connectivity index (χ1) is 9.12. The molecule has 0 aromatic heterocycles. The minimum Gasteiger partial charge on any atom is -0.481 e. The smallest absolute Gasteiger partial charge is 0.310 e. The van der Waals surface area contributed by atoms with Crippen LogP contribution in [0.5, 0.6) is 0 Å². The topological polar surface area (TPSA) is 83.5 Å². The van der Waals surface area contributed by atoms with Crippen molar-refractivity contribution >= 4 is 16.0 Å². The van der Waals surface area contributed by atoms with Gasteiger partial charge in [0.25, 0.3) is 0 Å². The summed E-state index contributed by atoms with van der Waals surface area (Å²) in [4.78, 5) is 10.9. The highest BCUT2D eigenvalue weighted by Gasteiger charge is 2.32. The van der Waals surface area contributed by atoms with Crippen LogP contribution in [0.25, 0.3) is 0 Å². The Kier molecular flexibility index (Phi) is 4.88. The molecule has 0 fully saturated rings. The van der Waals surface area contributed by atoms with Crippen molar-refractivity contribution in [2.24, 2.45) is 5.41 Å². The molecule has 0 heterocycles. The van der Waals surface area contributed by atoms with E-state index in [-0.39, 0.29) is 17.9 Å². The van der Waals surface area contributed by atoms with Gasteiger partial charge in [0.05, 0.1) is 10.3 Å². The van der Waals surface area contributed by atoms with Crippen LogP contribution in [0.15, 0.2) is 23.1 Å². The van der Waals surface area contributed by atoms with Crippen molar-refractivity contribution in [2.45, 2.75) is 32.1 Å². The lowest BCUT2D eigenvalue weighted by atomic mass is 9.88. The number of rotatable bonds is 6. The van der Waals surface area contributed by atoms with Gasteiger partial charge in [-0.2, -0.15) is 0 Å². The van der Waals surface area contributed by atoms with E-state index in [9.17, 15) is 17.6 Å². The number of carbonyl (C=O) groups is 1. The molecule has 0 radical (unpaired) electrons. The molecule has 5 nitrogen and oxygen atoms in total. The van der Waals surface area contributed by atoms with E-state index in [1.54, 1.807) is 6.92 Å². The molecule has 1 aromatic carbocycles. The molecule has 1 unspecified atom stereocenters. The van der Waals surface area contributed by atoms with Crippen LogP contribution >= 0.6 is 0 Å². The number of nitrogens with one attached hydrogen (secondary N) is 1. The molecular weight excluding hydrogens is 285 g/mol. The van der Waals surface area contributed by atoms with Gasteiger partial charge in [-0.15, -0.1) is 0 Å². The molecule has 0 aliphatic carbocycles. The SMILES string of the molecule is CCC(C)(CNS(=O)(=O)c1ccc(C)c(F)c1)C(=O)O. The summed E-state index contributed by atoms with van der Waals surface area (Å²) in [6, 6.07) is 3.56. The van der Waals surface area contributed by atoms with Gasteiger partial charge in [0, 0.05) is 6.54 Å². The second-order valence-electron chi connectivity index (χ2n) is 4.95. The first-order valence-corrected chi connectivity index (χ1v) is 7.60. The number of hydrogen-bond donors (Lipinski definition) is 2. The number of sulfonamides is 1. The molecule has 7 heteroatoms. The van der Waals surface area contributed by atoms with E-state index in [0.717, 1.165) is 6.07 Å². The summed E-state index contributed by atoms with van der Waals surface area (Å²) in [7, 11) is -3.93. The first-order valence-electron chi connectivity index (χ1n) is 6.11. The number of benzene rings is 1. The third kappa shape index (κ3) is 3.55. The third-order valence-corrected chi connectivity index (χ3v) is 4.80. The van der Waals surface area contributed by atoms with Crippen LogP contribution in [0.3, 0.4) is 0 Å². The molecule has 112 valence electrons. The number of carboxylic acids is 1. The summed E-state index contributed by atoms with van der Waals surface area (Å²) < 4.78 is 39.6. The third-order valence-electron chi connectivity index (χ3n) is 3.40. The van der Waals surface area contributed by atoms with Gasteiger partial charge in [-0.3, -0.25) is 4.79 Å². The first kappa shape index (κ1) is 16.6. The Labute approximate surface area is 117 Å². The minimum atomic E-state index is -3.93. The van der Waals surface area contributed by atoms with E-state index in [1.165, 1.54) is 26.0 Å². The zero-order valence-corrected chi connectivity index (χ0v) is 12.4. The Morgan fingerprint density at radius 2 is 2.05 bits per heavy atom. The van der Waals surface area contributed by atoms with E-state index < -0.39 is 27.2 Å². The maximum atomic E-state index is 13.4. The number of hydrogen-bond acceptors (Lipinski definition) is 3. The van der Waals surface area contributed by atoms with Gasteiger partial charge >= 0.3 is 5.97 Å². The van der Waals surface area contributed by atoms with Crippen LogP contribution in [0, 0.1) is 18.2 Å². The standard InChI is InChI=1S/C13H18FNO4S/c1-4-13(3,12(16)17)8-15-20(18,19)10-6-5-9(2)11(14)7-10/h5-7,15H,4,8H2,1-3H3,(H,16,17). The molecule has 1 atom stereocenters. The van der Waals surface area contributed by atoms with Gasteiger partial charge in [-0.25, -0.2) is 17.5 Å². The van der Waals surface area contributed by atoms with Crippen molar-refractivity contribution < 1.29 is 22.7 Å². The second-order valence-corrected chi connectivity index (χ2v) is 6.72. The Balaban J connectivity index is 2.96. The maximum Gasteiger partial charge on any atom is 0.310 e. The Morgan fingerprint density at radius 3 is 2.50 bits per heavy atom. The molecule has 0 bridgehead atoms. The largest absolute Gasteiger partial charge is 0.481 e. The predicted octanol–water partition coefficient (Wildman–Crippen LogP) is 1.91. The summed E-state index contributed by atoms with van der Waals surface area (Å²) in [5.41, 5.74) is -0.857. The number of aryl methyl sites for hydroxylation is 1. The molecule has 20 heavy (non-hydrogen) atoms. The Morgan fingerprint density at radius 1 is 1.45 bits per heavy atom. The predicted molar refractivity (Wildman–Crippen MR) is 72.4 cm³/mol. The van der Waals surface area contributed by atoms with Crippen molar-refractivity contribution in [2.75, 3.05) is 6.54 Å². The molecule has 0 aliphatic heterocycles. The van der Waals surface area contributed by atoms with Gasteiger partial charge in [0.2, 0.25) is 10.0 Å². The van der Waals surface area contributed by atoms with Gasteiger partial charge in [0.1, 0.15) is 5.82 Å². The summed E-state index contributed by atoms with van der Waals surface area (Å²) >= 11 is 0. The zero-order chi connectivity index (χ0) is 15.6. The molecule has 1 aromatic rings. The highest BCUT2D eigenvalue weighted by molar-refractivity contribution is 7.89. The van der Waals surface area contributed by atoms with Crippen molar-refractivity contribution in [3.8, 4) is 0 Å². The molecule has 1 rings (SSSR count). The molecule has 0 aliphatic rings. The summed E-state index contributed by atoms with van der Waals surface area (Å²) in [5.74, 6) is -1.71. The molecular formula is C13H18FNO4S.